The number of aromatic amines is 1. The van der Waals surface area contributed by atoms with E-state index in [1.807, 2.05) is 0 Å². The van der Waals surface area contributed by atoms with E-state index in [0.717, 1.165) is 0 Å². The first-order valence-electron chi connectivity index (χ1n) is 6.27. The highest BCUT2D eigenvalue weighted by atomic mass is 35.5. The van der Waals surface area contributed by atoms with Crippen LogP contribution in [0.2, 0.25) is 5.02 Å². The normalized spacial score (nSPS) is 10.0. The Bertz CT molecular complexity index is 637. The predicted molar refractivity (Wildman–Crippen MR) is 80.8 cm³/mol. The molecule has 0 radical (unpaired) electrons. The van der Waals surface area contributed by atoms with E-state index < -0.39 is 6.09 Å². The van der Waals surface area contributed by atoms with Gasteiger partial charge >= 0.3 is 6.09 Å². The summed E-state index contributed by atoms with van der Waals surface area (Å²) in [7, 11) is 0. The van der Waals surface area contributed by atoms with Gasteiger partial charge in [0, 0.05) is 17.6 Å². The van der Waals surface area contributed by atoms with Crippen LogP contribution < -0.4 is 10.6 Å². The molecule has 110 valence electrons. The Balaban J connectivity index is 1.96. The molecule has 1 aromatic carbocycles. The van der Waals surface area contributed by atoms with Crippen LogP contribution in [0.1, 0.15) is 17.4 Å². The smallest absolute Gasteiger partial charge is 0.411 e. The Kier molecular flexibility index (Phi) is 4.84. The van der Waals surface area contributed by atoms with Gasteiger partial charge in [-0.05, 0) is 37.3 Å². The second-order valence-corrected chi connectivity index (χ2v) is 4.54. The molecule has 0 saturated carbocycles. The Hall–Kier alpha value is -2.47. The van der Waals surface area contributed by atoms with Gasteiger partial charge in [-0.3, -0.25) is 10.1 Å². The van der Waals surface area contributed by atoms with E-state index in [1.54, 1.807) is 31.2 Å². The summed E-state index contributed by atoms with van der Waals surface area (Å²) in [4.78, 5) is 25.9. The highest BCUT2D eigenvalue weighted by Crippen LogP contribution is 2.16. The van der Waals surface area contributed by atoms with Gasteiger partial charge in [0.25, 0.3) is 5.91 Å². The van der Waals surface area contributed by atoms with E-state index in [4.69, 9.17) is 16.3 Å². The average Bonchev–Trinajstić information content (AvgIpc) is 2.88. The summed E-state index contributed by atoms with van der Waals surface area (Å²) in [6, 6.07) is 8.20. The second kappa shape index (κ2) is 6.81. The Morgan fingerprint density at radius 2 is 1.81 bits per heavy atom. The van der Waals surface area contributed by atoms with Gasteiger partial charge in [-0.2, -0.15) is 0 Å². The van der Waals surface area contributed by atoms with Crippen molar-refractivity contribution < 1.29 is 14.3 Å². The fraction of sp³-hybridized carbons (Fsp3) is 0.143. The van der Waals surface area contributed by atoms with Gasteiger partial charge in [-0.15, -0.1) is 0 Å². The van der Waals surface area contributed by atoms with Crippen LogP contribution in [0.5, 0.6) is 0 Å². The van der Waals surface area contributed by atoms with Gasteiger partial charge in [0.15, 0.2) is 0 Å². The summed E-state index contributed by atoms with van der Waals surface area (Å²) < 4.78 is 4.76. The molecule has 0 fully saturated rings. The third-order valence-corrected chi connectivity index (χ3v) is 2.78. The Morgan fingerprint density at radius 3 is 2.33 bits per heavy atom. The molecule has 3 N–H and O–H groups in total. The molecular weight excluding hydrogens is 294 g/mol. The standard InChI is InChI=1S/C14H14ClN3O3/c1-2-21-14(20)18-11-5-3-10(4-6-11)17-13(19)12-7-9(15)8-16-12/h3-8,16H,2H2,1H3,(H,17,19)(H,18,20). The first-order chi connectivity index (χ1) is 10.1. The first-order valence-corrected chi connectivity index (χ1v) is 6.65. The number of hydrogen-bond donors (Lipinski definition) is 3. The van der Waals surface area contributed by atoms with Gasteiger partial charge < -0.3 is 15.0 Å². The zero-order chi connectivity index (χ0) is 15.2. The number of aromatic nitrogens is 1. The van der Waals surface area contributed by atoms with Crippen molar-refractivity contribution in [1.29, 1.82) is 0 Å². The van der Waals surface area contributed by atoms with Gasteiger partial charge in [-0.25, -0.2) is 4.79 Å². The van der Waals surface area contributed by atoms with E-state index in [0.29, 0.717) is 28.7 Å². The van der Waals surface area contributed by atoms with Crippen LogP contribution >= 0.6 is 11.6 Å². The lowest BCUT2D eigenvalue weighted by molar-refractivity contribution is 0.102. The maximum absolute atomic E-state index is 11.9. The van der Waals surface area contributed by atoms with Crippen LogP contribution in [0.3, 0.4) is 0 Å². The minimum atomic E-state index is -0.518. The number of carbonyl (C=O) groups is 2. The molecule has 0 unspecified atom stereocenters. The van der Waals surface area contributed by atoms with E-state index in [-0.39, 0.29) is 5.91 Å². The molecule has 0 saturated heterocycles. The molecule has 2 amide bonds. The minimum Gasteiger partial charge on any atom is -0.450 e. The molecule has 0 atom stereocenters. The van der Waals surface area contributed by atoms with Crippen molar-refractivity contribution in [1.82, 2.24) is 4.98 Å². The average molecular weight is 308 g/mol. The zero-order valence-corrected chi connectivity index (χ0v) is 12.0. The Morgan fingerprint density at radius 1 is 1.19 bits per heavy atom. The van der Waals surface area contributed by atoms with Crippen molar-refractivity contribution >= 4 is 35.0 Å². The van der Waals surface area contributed by atoms with Crippen molar-refractivity contribution in [3.63, 3.8) is 0 Å². The van der Waals surface area contributed by atoms with E-state index in [9.17, 15) is 9.59 Å². The Labute approximate surface area is 126 Å². The van der Waals surface area contributed by atoms with Crippen molar-refractivity contribution in [3.8, 4) is 0 Å². The third kappa shape index (κ3) is 4.25. The molecule has 0 aliphatic rings. The number of benzene rings is 1. The van der Waals surface area contributed by atoms with Crippen LogP contribution in [0, 0.1) is 0 Å². The van der Waals surface area contributed by atoms with E-state index in [2.05, 4.69) is 15.6 Å². The maximum atomic E-state index is 11.9. The van der Waals surface area contributed by atoms with Crippen molar-refractivity contribution in [3.05, 3.63) is 47.2 Å². The highest BCUT2D eigenvalue weighted by molar-refractivity contribution is 6.31. The van der Waals surface area contributed by atoms with E-state index in [1.165, 1.54) is 12.3 Å². The number of anilines is 2. The molecule has 0 spiro atoms. The second-order valence-electron chi connectivity index (χ2n) is 4.11. The molecule has 0 aliphatic carbocycles. The number of carbonyl (C=O) groups excluding carboxylic acids is 2. The number of H-pyrrole nitrogens is 1. The quantitative estimate of drug-likeness (QED) is 0.808. The summed E-state index contributed by atoms with van der Waals surface area (Å²) >= 11 is 5.74. The maximum Gasteiger partial charge on any atom is 0.411 e. The third-order valence-electron chi connectivity index (χ3n) is 2.56. The summed E-state index contributed by atoms with van der Waals surface area (Å²) in [5.74, 6) is -0.298. The van der Waals surface area contributed by atoms with Gasteiger partial charge in [0.2, 0.25) is 0 Å². The first kappa shape index (κ1) is 14.9. The summed E-state index contributed by atoms with van der Waals surface area (Å²) in [5.41, 5.74) is 1.54. The number of nitrogens with one attached hydrogen (secondary N) is 3. The largest absolute Gasteiger partial charge is 0.450 e. The van der Waals surface area contributed by atoms with Gasteiger partial charge in [0.1, 0.15) is 5.69 Å². The highest BCUT2D eigenvalue weighted by Gasteiger charge is 2.08. The van der Waals surface area contributed by atoms with Crippen molar-refractivity contribution in [2.24, 2.45) is 0 Å². The number of amides is 2. The van der Waals surface area contributed by atoms with Crippen LogP contribution in [-0.4, -0.2) is 23.6 Å². The number of hydrogen-bond acceptors (Lipinski definition) is 3. The molecule has 0 aliphatic heterocycles. The predicted octanol–water partition coefficient (Wildman–Crippen LogP) is 3.49. The fourth-order valence-corrected chi connectivity index (χ4v) is 1.78. The lowest BCUT2D eigenvalue weighted by atomic mass is 10.2. The molecule has 0 bridgehead atoms. The number of ether oxygens (including phenoxy) is 1. The van der Waals surface area contributed by atoms with Crippen molar-refractivity contribution in [2.45, 2.75) is 6.92 Å². The molecule has 2 rings (SSSR count). The summed E-state index contributed by atoms with van der Waals surface area (Å²) in [6.07, 6.45) is 1.01. The summed E-state index contributed by atoms with van der Waals surface area (Å²) in [6.45, 7) is 2.03. The topological polar surface area (TPSA) is 83.2 Å². The molecule has 21 heavy (non-hydrogen) atoms. The molecule has 6 nitrogen and oxygen atoms in total. The molecule has 1 heterocycles. The van der Waals surface area contributed by atoms with Gasteiger partial charge in [-0.1, -0.05) is 11.6 Å². The molecule has 1 aromatic heterocycles. The SMILES string of the molecule is CCOC(=O)Nc1ccc(NC(=O)c2cc(Cl)c[nH]2)cc1. The molecular formula is C14H14ClN3O3. The van der Waals surface area contributed by atoms with E-state index >= 15 is 0 Å². The number of halogens is 1. The van der Waals surface area contributed by atoms with Crippen LogP contribution in [0.15, 0.2) is 36.5 Å². The van der Waals surface area contributed by atoms with Crippen LogP contribution in [0.25, 0.3) is 0 Å². The summed E-state index contributed by atoms with van der Waals surface area (Å²) in [5, 5.41) is 5.73. The lowest BCUT2D eigenvalue weighted by Gasteiger charge is -2.07. The minimum absolute atomic E-state index is 0.298. The van der Waals surface area contributed by atoms with Crippen LogP contribution in [0.4, 0.5) is 16.2 Å². The molecule has 7 heteroatoms. The monoisotopic (exact) mass is 307 g/mol. The van der Waals surface area contributed by atoms with Gasteiger partial charge in [0.05, 0.1) is 11.6 Å². The fourth-order valence-electron chi connectivity index (χ4n) is 1.62. The van der Waals surface area contributed by atoms with Crippen molar-refractivity contribution in [2.75, 3.05) is 17.2 Å². The number of rotatable bonds is 4. The van der Waals surface area contributed by atoms with Crippen LogP contribution in [-0.2, 0) is 4.74 Å². The molecule has 2 aromatic rings. The zero-order valence-electron chi connectivity index (χ0n) is 11.3. The lowest BCUT2D eigenvalue weighted by Crippen LogP contribution is -2.14.